The van der Waals surface area contributed by atoms with Crippen molar-refractivity contribution in [3.05, 3.63) is 59.2 Å². The van der Waals surface area contributed by atoms with Gasteiger partial charge in [-0.05, 0) is 79.6 Å². The van der Waals surface area contributed by atoms with Crippen molar-refractivity contribution < 1.29 is 14.3 Å². The van der Waals surface area contributed by atoms with E-state index in [4.69, 9.17) is 10.5 Å². The van der Waals surface area contributed by atoms with Crippen molar-refractivity contribution in [2.45, 2.75) is 32.6 Å². The summed E-state index contributed by atoms with van der Waals surface area (Å²) >= 11 is 0. The van der Waals surface area contributed by atoms with E-state index in [1.807, 2.05) is 19.1 Å². The first-order chi connectivity index (χ1) is 12.5. The number of amides is 1. The predicted molar refractivity (Wildman–Crippen MR) is 102 cm³/mol. The van der Waals surface area contributed by atoms with Gasteiger partial charge in [0.25, 0.3) is 5.91 Å². The highest BCUT2D eigenvalue weighted by atomic mass is 16.5. The lowest BCUT2D eigenvalue weighted by molar-refractivity contribution is -0.144. The molecule has 1 unspecified atom stereocenters. The fourth-order valence-corrected chi connectivity index (χ4v) is 3.38. The van der Waals surface area contributed by atoms with Crippen LogP contribution in [-0.2, 0) is 22.4 Å². The molecule has 0 heterocycles. The normalized spacial score (nSPS) is 15.8. The summed E-state index contributed by atoms with van der Waals surface area (Å²) in [4.78, 5) is 24.1. The number of fused-ring (bicyclic) bond motifs is 1. The Labute approximate surface area is 153 Å². The molecule has 0 radical (unpaired) electrons. The monoisotopic (exact) mass is 352 g/mol. The Morgan fingerprint density at radius 1 is 1.15 bits per heavy atom. The highest BCUT2D eigenvalue weighted by molar-refractivity contribution is 6.04. The van der Waals surface area contributed by atoms with Crippen LogP contribution < -0.4 is 11.1 Å². The summed E-state index contributed by atoms with van der Waals surface area (Å²) in [6.07, 6.45) is 3.23. The molecule has 1 aliphatic carbocycles. The molecule has 3 N–H and O–H groups in total. The number of nitrogens with two attached hydrogens (primary N) is 1. The van der Waals surface area contributed by atoms with Crippen LogP contribution in [-0.4, -0.2) is 18.5 Å². The topological polar surface area (TPSA) is 81.4 Å². The molecule has 0 aromatic heterocycles. The third kappa shape index (κ3) is 4.42. The van der Waals surface area contributed by atoms with Crippen LogP contribution in [0.3, 0.4) is 0 Å². The van der Waals surface area contributed by atoms with E-state index >= 15 is 0 Å². The molecule has 0 saturated carbocycles. The van der Waals surface area contributed by atoms with Gasteiger partial charge >= 0.3 is 5.97 Å². The minimum absolute atomic E-state index is 0.131. The summed E-state index contributed by atoms with van der Waals surface area (Å²) < 4.78 is 5.06. The van der Waals surface area contributed by atoms with Crippen molar-refractivity contribution >= 4 is 23.3 Å². The van der Waals surface area contributed by atoms with Crippen LogP contribution in [0, 0.1) is 5.92 Å². The molecule has 1 aliphatic rings. The van der Waals surface area contributed by atoms with Gasteiger partial charge in [-0.3, -0.25) is 9.59 Å². The van der Waals surface area contributed by atoms with Gasteiger partial charge in [-0.1, -0.05) is 6.07 Å². The maximum Gasteiger partial charge on any atom is 0.306 e. The molecule has 2 aromatic rings. The average Bonchev–Trinajstić information content (AvgIpc) is 2.62. The largest absolute Gasteiger partial charge is 0.466 e. The maximum atomic E-state index is 12.4. The fraction of sp³-hybridized carbons (Fsp3) is 0.333. The second-order valence-corrected chi connectivity index (χ2v) is 6.68. The zero-order valence-corrected chi connectivity index (χ0v) is 15.0. The molecule has 0 saturated heterocycles. The van der Waals surface area contributed by atoms with E-state index in [1.54, 1.807) is 24.3 Å². The molecule has 0 fully saturated rings. The van der Waals surface area contributed by atoms with Crippen molar-refractivity contribution in [3.63, 3.8) is 0 Å². The molecular weight excluding hydrogens is 328 g/mol. The predicted octanol–water partition coefficient (Wildman–Crippen LogP) is 3.58. The van der Waals surface area contributed by atoms with Gasteiger partial charge in [0.15, 0.2) is 0 Å². The number of carbonyl (C=O) groups is 2. The molecule has 5 nitrogen and oxygen atoms in total. The van der Waals surface area contributed by atoms with E-state index < -0.39 is 0 Å². The number of hydrogen-bond donors (Lipinski definition) is 2. The number of nitrogen functional groups attached to an aromatic ring is 1. The van der Waals surface area contributed by atoms with Crippen LogP contribution in [0.2, 0.25) is 0 Å². The minimum atomic E-state index is -0.163. The number of ether oxygens (including phenoxy) is 1. The number of benzene rings is 2. The Morgan fingerprint density at radius 2 is 1.92 bits per heavy atom. The first-order valence-electron chi connectivity index (χ1n) is 8.99. The fourth-order valence-electron chi connectivity index (χ4n) is 3.38. The molecule has 3 rings (SSSR count). The smallest absolute Gasteiger partial charge is 0.306 e. The Balaban J connectivity index is 1.67. The van der Waals surface area contributed by atoms with Gasteiger partial charge in [0.05, 0.1) is 6.61 Å². The second-order valence-electron chi connectivity index (χ2n) is 6.68. The molecule has 136 valence electrons. The van der Waals surface area contributed by atoms with Gasteiger partial charge < -0.3 is 15.8 Å². The Kier molecular flexibility index (Phi) is 5.56. The van der Waals surface area contributed by atoms with Crippen molar-refractivity contribution in [3.8, 4) is 0 Å². The number of nitrogens with one attached hydrogen (secondary N) is 1. The summed E-state index contributed by atoms with van der Waals surface area (Å²) in [5.74, 6) is 0.00203. The molecule has 0 aliphatic heterocycles. The summed E-state index contributed by atoms with van der Waals surface area (Å²) in [6, 6.07) is 12.8. The quantitative estimate of drug-likeness (QED) is 0.636. The standard InChI is InChI=1S/C21H24N2O3/c1-2-26-20(24)12-14-3-4-15-7-10-19(13-17(15)11-14)23-21(25)16-5-8-18(22)9-6-16/h5-10,13-14H,2-4,11-12,22H2,1H3,(H,23,25). The van der Waals surface area contributed by atoms with E-state index in [1.165, 1.54) is 11.1 Å². The maximum absolute atomic E-state index is 12.4. The molecule has 2 aromatic carbocycles. The number of anilines is 2. The number of hydrogen-bond acceptors (Lipinski definition) is 4. The van der Waals surface area contributed by atoms with Crippen LogP contribution in [0.25, 0.3) is 0 Å². The number of rotatable bonds is 5. The third-order valence-electron chi connectivity index (χ3n) is 4.73. The van der Waals surface area contributed by atoms with Crippen LogP contribution in [0.15, 0.2) is 42.5 Å². The molecule has 5 heteroatoms. The van der Waals surface area contributed by atoms with E-state index in [0.717, 1.165) is 24.9 Å². The van der Waals surface area contributed by atoms with Crippen LogP contribution >= 0.6 is 0 Å². The molecule has 1 atom stereocenters. The first-order valence-corrected chi connectivity index (χ1v) is 8.99. The van der Waals surface area contributed by atoms with Crippen LogP contribution in [0.4, 0.5) is 11.4 Å². The summed E-state index contributed by atoms with van der Waals surface area (Å²) in [7, 11) is 0. The van der Waals surface area contributed by atoms with Crippen LogP contribution in [0.1, 0.15) is 41.3 Å². The highest BCUT2D eigenvalue weighted by Crippen LogP contribution is 2.30. The summed E-state index contributed by atoms with van der Waals surface area (Å²) in [6.45, 7) is 2.24. The zero-order valence-electron chi connectivity index (χ0n) is 15.0. The minimum Gasteiger partial charge on any atom is -0.466 e. The van der Waals surface area contributed by atoms with E-state index in [-0.39, 0.29) is 11.9 Å². The molecule has 26 heavy (non-hydrogen) atoms. The van der Waals surface area contributed by atoms with E-state index in [9.17, 15) is 9.59 Å². The molecule has 0 bridgehead atoms. The van der Waals surface area contributed by atoms with Gasteiger partial charge in [-0.2, -0.15) is 0 Å². The highest BCUT2D eigenvalue weighted by Gasteiger charge is 2.22. The first kappa shape index (κ1) is 18.0. The Morgan fingerprint density at radius 3 is 2.65 bits per heavy atom. The summed E-state index contributed by atoms with van der Waals surface area (Å²) in [5.41, 5.74) is 10.1. The second kappa shape index (κ2) is 8.04. The Bertz CT molecular complexity index is 799. The van der Waals surface area contributed by atoms with Gasteiger partial charge in [0, 0.05) is 23.4 Å². The van der Waals surface area contributed by atoms with Crippen molar-refractivity contribution in [1.82, 2.24) is 0 Å². The van der Waals surface area contributed by atoms with Gasteiger partial charge in [0.2, 0.25) is 0 Å². The zero-order chi connectivity index (χ0) is 18.5. The number of esters is 1. The van der Waals surface area contributed by atoms with E-state index in [2.05, 4.69) is 11.4 Å². The SMILES string of the molecule is CCOC(=O)CC1CCc2ccc(NC(=O)c3ccc(N)cc3)cc2C1. The number of carbonyl (C=O) groups excluding carboxylic acids is 2. The van der Waals surface area contributed by atoms with Crippen LogP contribution in [0.5, 0.6) is 0 Å². The molecule has 0 spiro atoms. The van der Waals surface area contributed by atoms with E-state index in [0.29, 0.717) is 30.2 Å². The molecular formula is C21H24N2O3. The van der Waals surface area contributed by atoms with Gasteiger partial charge in [-0.25, -0.2) is 0 Å². The number of aryl methyl sites for hydroxylation is 1. The third-order valence-corrected chi connectivity index (χ3v) is 4.73. The average molecular weight is 352 g/mol. The lowest BCUT2D eigenvalue weighted by atomic mass is 9.82. The lowest BCUT2D eigenvalue weighted by Gasteiger charge is -2.24. The van der Waals surface area contributed by atoms with Crippen molar-refractivity contribution in [2.75, 3.05) is 17.7 Å². The molecule has 1 amide bonds. The Hall–Kier alpha value is -2.82. The lowest BCUT2D eigenvalue weighted by Crippen LogP contribution is -2.19. The van der Waals surface area contributed by atoms with Gasteiger partial charge in [-0.15, -0.1) is 0 Å². The van der Waals surface area contributed by atoms with Gasteiger partial charge in [0.1, 0.15) is 0 Å². The van der Waals surface area contributed by atoms with Crippen molar-refractivity contribution in [1.29, 1.82) is 0 Å². The van der Waals surface area contributed by atoms with Crippen molar-refractivity contribution in [2.24, 2.45) is 5.92 Å². The summed E-state index contributed by atoms with van der Waals surface area (Å²) in [5, 5.41) is 2.93.